The van der Waals surface area contributed by atoms with Crippen LogP contribution in [0, 0.1) is 6.92 Å². The van der Waals surface area contributed by atoms with E-state index in [1.807, 2.05) is 55.5 Å². The second-order valence-electron chi connectivity index (χ2n) is 5.61. The summed E-state index contributed by atoms with van der Waals surface area (Å²) in [5.74, 6) is -0.425. The summed E-state index contributed by atoms with van der Waals surface area (Å²) >= 11 is 5.97. The molecule has 1 N–H and O–H groups in total. The molecule has 24 heavy (non-hydrogen) atoms. The number of hydrogen-bond donors (Lipinski definition) is 1. The van der Waals surface area contributed by atoms with E-state index in [1.165, 1.54) is 4.68 Å². The van der Waals surface area contributed by atoms with Gasteiger partial charge in [-0.3, -0.25) is 0 Å². The van der Waals surface area contributed by atoms with Crippen LogP contribution in [0.3, 0.4) is 0 Å². The number of halogens is 1. The highest BCUT2D eigenvalue weighted by Crippen LogP contribution is 2.12. The van der Waals surface area contributed by atoms with Crippen LogP contribution < -0.4 is 15.1 Å². The molecular weight excluding hydrogens is 326 g/mol. The lowest BCUT2D eigenvalue weighted by Crippen LogP contribution is -2.39. The molecule has 0 amide bonds. The molecule has 0 saturated heterocycles. The summed E-state index contributed by atoms with van der Waals surface area (Å²) < 4.78 is 6.35. The molecular formula is C18H18ClN3O2. The fourth-order valence-corrected chi connectivity index (χ4v) is 2.65. The Kier molecular flexibility index (Phi) is 5.13. The van der Waals surface area contributed by atoms with Crippen LogP contribution in [0.2, 0.25) is 5.02 Å². The van der Waals surface area contributed by atoms with Gasteiger partial charge in [0.25, 0.3) is 5.69 Å². The fraction of sp³-hybridized carbons (Fsp3) is 0.222. The van der Waals surface area contributed by atoms with E-state index in [0.717, 1.165) is 34.8 Å². The Morgan fingerprint density at radius 3 is 2.75 bits per heavy atom. The first-order valence-electron chi connectivity index (χ1n) is 7.73. The molecule has 1 heterocycles. The second-order valence-corrected chi connectivity index (χ2v) is 6.05. The number of nitrogens with zero attached hydrogens (tertiary/aromatic N) is 2. The molecule has 3 aromatic rings. The zero-order valence-electron chi connectivity index (χ0n) is 13.3. The van der Waals surface area contributed by atoms with Crippen LogP contribution in [-0.2, 0) is 13.0 Å². The lowest BCUT2D eigenvalue weighted by Gasteiger charge is -2.04. The minimum atomic E-state index is -0.425. The van der Waals surface area contributed by atoms with Gasteiger partial charge in [0, 0.05) is 17.2 Å². The zero-order chi connectivity index (χ0) is 16.9. The third-order valence-corrected chi connectivity index (χ3v) is 3.98. The Hall–Kier alpha value is -2.37. The predicted molar refractivity (Wildman–Crippen MR) is 89.1 cm³/mol. The molecule has 0 saturated carbocycles. The van der Waals surface area contributed by atoms with Crippen molar-refractivity contribution >= 4 is 11.6 Å². The van der Waals surface area contributed by atoms with Gasteiger partial charge in [0.2, 0.25) is 5.69 Å². The summed E-state index contributed by atoms with van der Waals surface area (Å²) in [6.07, 6.45) is 0.824. The minimum Gasteiger partial charge on any atom is -0.539 e. The van der Waals surface area contributed by atoms with E-state index in [4.69, 9.17) is 16.1 Å². The van der Waals surface area contributed by atoms with Crippen LogP contribution in [0.5, 0.6) is 5.95 Å². The van der Waals surface area contributed by atoms with Crippen LogP contribution in [0.15, 0.2) is 53.1 Å². The summed E-state index contributed by atoms with van der Waals surface area (Å²) in [4.78, 5) is 0. The Balaban J connectivity index is 1.63. The van der Waals surface area contributed by atoms with Crippen molar-refractivity contribution in [1.29, 1.82) is 0 Å². The van der Waals surface area contributed by atoms with Crippen molar-refractivity contribution in [3.8, 4) is 11.6 Å². The van der Waals surface area contributed by atoms with Crippen LogP contribution >= 0.6 is 11.6 Å². The van der Waals surface area contributed by atoms with Gasteiger partial charge in [-0.25, -0.2) is 0 Å². The molecule has 124 valence electrons. The standard InChI is InChI=1S/C18H18ClN3O2/c1-13-5-7-16(8-6-13)22-17(18(23)24-21-22)12-20-10-9-14-3-2-4-15(19)11-14/h2-8,11,20H,9-10,12H2,1H3. The Morgan fingerprint density at radius 1 is 1.21 bits per heavy atom. The maximum Gasteiger partial charge on any atom is 0.253 e. The van der Waals surface area contributed by atoms with Gasteiger partial charge in [-0.1, -0.05) is 41.4 Å². The Labute approximate surface area is 145 Å². The fourth-order valence-electron chi connectivity index (χ4n) is 2.43. The lowest BCUT2D eigenvalue weighted by atomic mass is 10.1. The molecule has 5 nitrogen and oxygen atoms in total. The van der Waals surface area contributed by atoms with Crippen LogP contribution in [0.4, 0.5) is 0 Å². The normalized spacial score (nSPS) is 10.9. The SMILES string of the molecule is Cc1ccc(-[n+]2noc([O-])c2CNCCc2cccc(Cl)c2)cc1. The average Bonchev–Trinajstić information content (AvgIpc) is 2.93. The van der Waals surface area contributed by atoms with Gasteiger partial charge in [0.1, 0.15) is 0 Å². The molecule has 0 aliphatic rings. The zero-order valence-corrected chi connectivity index (χ0v) is 14.1. The second kappa shape index (κ2) is 7.47. The quantitative estimate of drug-likeness (QED) is 0.551. The van der Waals surface area contributed by atoms with Crippen molar-refractivity contribution < 1.29 is 14.3 Å². The number of hydrogen-bond acceptors (Lipinski definition) is 4. The van der Waals surface area contributed by atoms with Gasteiger partial charge in [-0.2, -0.15) is 0 Å². The van der Waals surface area contributed by atoms with Crippen molar-refractivity contribution in [3.05, 3.63) is 70.4 Å². The summed E-state index contributed by atoms with van der Waals surface area (Å²) in [6, 6.07) is 15.5. The summed E-state index contributed by atoms with van der Waals surface area (Å²) in [5.41, 5.74) is 3.57. The van der Waals surface area contributed by atoms with E-state index in [2.05, 4.69) is 10.6 Å². The molecule has 2 aromatic carbocycles. The molecule has 0 aliphatic carbocycles. The first-order valence-corrected chi connectivity index (χ1v) is 8.11. The summed E-state index contributed by atoms with van der Waals surface area (Å²) in [6.45, 7) is 3.12. The van der Waals surface area contributed by atoms with Gasteiger partial charge < -0.3 is 14.9 Å². The van der Waals surface area contributed by atoms with Gasteiger partial charge in [-0.05, 0) is 42.3 Å². The largest absolute Gasteiger partial charge is 0.539 e. The average molecular weight is 344 g/mol. The Bertz CT molecular complexity index is 815. The van der Waals surface area contributed by atoms with Crippen molar-refractivity contribution in [3.63, 3.8) is 0 Å². The van der Waals surface area contributed by atoms with E-state index < -0.39 is 5.95 Å². The lowest BCUT2D eigenvalue weighted by molar-refractivity contribution is -0.677. The number of nitrogens with one attached hydrogen (secondary N) is 1. The summed E-state index contributed by atoms with van der Waals surface area (Å²) in [7, 11) is 0. The third-order valence-electron chi connectivity index (χ3n) is 3.75. The number of aryl methyl sites for hydroxylation is 1. The smallest absolute Gasteiger partial charge is 0.253 e. The van der Waals surface area contributed by atoms with Crippen LogP contribution in [0.25, 0.3) is 5.69 Å². The molecule has 0 atom stereocenters. The van der Waals surface area contributed by atoms with Crippen molar-refractivity contribution in [1.82, 2.24) is 10.6 Å². The van der Waals surface area contributed by atoms with Crippen LogP contribution in [-0.4, -0.2) is 11.8 Å². The van der Waals surface area contributed by atoms with Gasteiger partial charge in [0.15, 0.2) is 5.95 Å². The maximum atomic E-state index is 11.9. The molecule has 0 spiro atoms. The minimum absolute atomic E-state index is 0.386. The molecule has 3 rings (SSSR count). The molecule has 0 aliphatic heterocycles. The molecule has 0 unspecified atom stereocenters. The van der Waals surface area contributed by atoms with Crippen molar-refractivity contribution in [2.75, 3.05) is 6.54 Å². The third kappa shape index (κ3) is 3.93. The monoisotopic (exact) mass is 343 g/mol. The number of benzene rings is 2. The summed E-state index contributed by atoms with van der Waals surface area (Å²) in [5, 5.41) is 19.7. The van der Waals surface area contributed by atoms with Gasteiger partial charge in [0.05, 0.1) is 11.8 Å². The highest BCUT2D eigenvalue weighted by molar-refractivity contribution is 6.30. The van der Waals surface area contributed by atoms with E-state index in [9.17, 15) is 5.11 Å². The molecule has 0 fully saturated rings. The number of rotatable bonds is 6. The predicted octanol–water partition coefficient (Wildman–Crippen LogP) is 2.32. The van der Waals surface area contributed by atoms with E-state index in [0.29, 0.717) is 12.2 Å². The number of aromatic nitrogens is 2. The first kappa shape index (κ1) is 16.5. The maximum absolute atomic E-state index is 11.9. The van der Waals surface area contributed by atoms with Crippen molar-refractivity contribution in [2.24, 2.45) is 0 Å². The first-order chi connectivity index (χ1) is 11.6. The molecule has 1 aromatic heterocycles. The molecule has 0 radical (unpaired) electrons. The van der Waals surface area contributed by atoms with Gasteiger partial charge >= 0.3 is 0 Å². The van der Waals surface area contributed by atoms with Crippen LogP contribution in [0.1, 0.15) is 16.8 Å². The van der Waals surface area contributed by atoms with Gasteiger partial charge in [-0.15, -0.1) is 0 Å². The van der Waals surface area contributed by atoms with E-state index >= 15 is 0 Å². The highest BCUT2D eigenvalue weighted by atomic mass is 35.5. The van der Waals surface area contributed by atoms with E-state index in [1.54, 1.807) is 0 Å². The highest BCUT2D eigenvalue weighted by Gasteiger charge is 2.19. The topological polar surface area (TPSA) is 65.0 Å². The Morgan fingerprint density at radius 2 is 2.00 bits per heavy atom. The van der Waals surface area contributed by atoms with E-state index in [-0.39, 0.29) is 0 Å². The van der Waals surface area contributed by atoms with Crippen molar-refractivity contribution in [2.45, 2.75) is 19.9 Å². The molecule has 0 bridgehead atoms. The molecule has 6 heteroatoms.